The van der Waals surface area contributed by atoms with Gasteiger partial charge in [0.15, 0.2) is 0 Å². The Morgan fingerprint density at radius 3 is 2.33 bits per heavy atom. The fourth-order valence-corrected chi connectivity index (χ4v) is 2.17. The molecule has 21 heavy (non-hydrogen) atoms. The Morgan fingerprint density at radius 2 is 1.90 bits per heavy atom. The molecule has 0 bridgehead atoms. The molecule has 0 spiro atoms. The zero-order valence-electron chi connectivity index (χ0n) is 13.5. The minimum Gasteiger partial charge on any atom is -0.355 e. The summed E-state index contributed by atoms with van der Waals surface area (Å²) in [5.74, 6) is -0.277. The monoisotopic (exact) mass is 290 g/mol. The van der Waals surface area contributed by atoms with E-state index >= 15 is 0 Å². The predicted molar refractivity (Wildman–Crippen MR) is 85.7 cm³/mol. The SMILES string of the molecule is C\C=C(/C=C(C(=O)NC)\C(C)=C/CC)C(=O)NC1CCC1. The maximum atomic E-state index is 12.2. The maximum Gasteiger partial charge on any atom is 0.251 e. The molecule has 0 saturated heterocycles. The summed E-state index contributed by atoms with van der Waals surface area (Å²) in [4.78, 5) is 24.2. The van der Waals surface area contributed by atoms with E-state index in [2.05, 4.69) is 10.6 Å². The molecule has 0 heterocycles. The summed E-state index contributed by atoms with van der Waals surface area (Å²) >= 11 is 0. The highest BCUT2D eigenvalue weighted by molar-refractivity contribution is 6.02. The molecule has 0 aromatic rings. The first kappa shape index (κ1) is 17.2. The van der Waals surface area contributed by atoms with Gasteiger partial charge in [0.1, 0.15) is 0 Å². The normalized spacial score (nSPS) is 17.2. The van der Waals surface area contributed by atoms with E-state index in [1.54, 1.807) is 19.2 Å². The number of likely N-dealkylation sites (N-methyl/N-ethyl adjacent to an activating group) is 1. The van der Waals surface area contributed by atoms with Crippen LogP contribution in [-0.2, 0) is 9.59 Å². The van der Waals surface area contributed by atoms with Gasteiger partial charge in [-0.25, -0.2) is 0 Å². The molecular weight excluding hydrogens is 264 g/mol. The van der Waals surface area contributed by atoms with Crippen LogP contribution in [0.25, 0.3) is 0 Å². The highest BCUT2D eigenvalue weighted by atomic mass is 16.2. The first-order valence-electron chi connectivity index (χ1n) is 7.61. The van der Waals surface area contributed by atoms with Gasteiger partial charge in [0, 0.05) is 24.2 Å². The number of amides is 2. The molecule has 116 valence electrons. The molecule has 1 fully saturated rings. The van der Waals surface area contributed by atoms with Gasteiger partial charge in [-0.2, -0.15) is 0 Å². The third kappa shape index (κ3) is 4.88. The minimum absolute atomic E-state index is 0.104. The Balaban J connectivity index is 2.96. The van der Waals surface area contributed by atoms with Crippen molar-refractivity contribution in [3.05, 3.63) is 34.9 Å². The summed E-state index contributed by atoms with van der Waals surface area (Å²) in [6, 6.07) is 0.289. The van der Waals surface area contributed by atoms with Crippen LogP contribution in [0.3, 0.4) is 0 Å². The third-order valence-electron chi connectivity index (χ3n) is 3.72. The molecule has 1 saturated carbocycles. The molecule has 0 aliphatic heterocycles. The molecule has 0 atom stereocenters. The maximum absolute atomic E-state index is 12.2. The number of hydrogen-bond acceptors (Lipinski definition) is 2. The second-order valence-corrected chi connectivity index (χ2v) is 5.28. The zero-order valence-corrected chi connectivity index (χ0v) is 13.5. The van der Waals surface area contributed by atoms with Gasteiger partial charge < -0.3 is 10.6 Å². The van der Waals surface area contributed by atoms with Crippen molar-refractivity contribution in [2.75, 3.05) is 7.05 Å². The van der Waals surface area contributed by atoms with Gasteiger partial charge in [-0.3, -0.25) is 9.59 Å². The summed E-state index contributed by atoms with van der Waals surface area (Å²) in [5.41, 5.74) is 1.95. The molecule has 0 aromatic carbocycles. The van der Waals surface area contributed by atoms with Gasteiger partial charge in [-0.15, -0.1) is 0 Å². The fourth-order valence-electron chi connectivity index (χ4n) is 2.17. The average molecular weight is 290 g/mol. The van der Waals surface area contributed by atoms with Crippen LogP contribution in [0, 0.1) is 0 Å². The van der Waals surface area contributed by atoms with Crippen molar-refractivity contribution in [1.29, 1.82) is 0 Å². The van der Waals surface area contributed by atoms with Gasteiger partial charge in [-0.05, 0) is 51.2 Å². The van der Waals surface area contributed by atoms with Crippen molar-refractivity contribution in [1.82, 2.24) is 10.6 Å². The Morgan fingerprint density at radius 1 is 1.24 bits per heavy atom. The van der Waals surface area contributed by atoms with Crippen molar-refractivity contribution >= 4 is 11.8 Å². The molecule has 0 aromatic heterocycles. The van der Waals surface area contributed by atoms with E-state index in [0.29, 0.717) is 11.1 Å². The van der Waals surface area contributed by atoms with Crippen molar-refractivity contribution in [3.63, 3.8) is 0 Å². The number of carbonyl (C=O) groups excluding carboxylic acids is 2. The van der Waals surface area contributed by atoms with Crippen LogP contribution in [0.5, 0.6) is 0 Å². The summed E-state index contributed by atoms with van der Waals surface area (Å²) < 4.78 is 0. The minimum atomic E-state index is -0.173. The number of allylic oxidation sites excluding steroid dienone is 2. The quantitative estimate of drug-likeness (QED) is 0.583. The highest BCUT2D eigenvalue weighted by Crippen LogP contribution is 2.19. The van der Waals surface area contributed by atoms with Crippen molar-refractivity contribution in [2.24, 2.45) is 0 Å². The van der Waals surface area contributed by atoms with Crippen LogP contribution < -0.4 is 10.6 Å². The molecule has 2 N–H and O–H groups in total. The predicted octanol–water partition coefficient (Wildman–Crippen LogP) is 2.63. The number of nitrogens with one attached hydrogen (secondary N) is 2. The van der Waals surface area contributed by atoms with Crippen molar-refractivity contribution in [3.8, 4) is 0 Å². The van der Waals surface area contributed by atoms with Gasteiger partial charge in [0.25, 0.3) is 11.8 Å². The second kappa shape index (κ2) is 8.45. The van der Waals surface area contributed by atoms with Crippen LogP contribution in [0.15, 0.2) is 34.9 Å². The average Bonchev–Trinajstić information content (AvgIpc) is 2.43. The Labute approximate surface area is 127 Å². The lowest BCUT2D eigenvalue weighted by atomic mass is 9.92. The van der Waals surface area contributed by atoms with Gasteiger partial charge in [0.05, 0.1) is 0 Å². The van der Waals surface area contributed by atoms with Crippen LogP contribution in [-0.4, -0.2) is 24.9 Å². The fraction of sp³-hybridized carbons (Fsp3) is 0.529. The smallest absolute Gasteiger partial charge is 0.251 e. The van der Waals surface area contributed by atoms with E-state index in [0.717, 1.165) is 24.8 Å². The lowest BCUT2D eigenvalue weighted by Gasteiger charge is -2.26. The van der Waals surface area contributed by atoms with E-state index in [1.165, 1.54) is 6.42 Å². The molecule has 4 heteroatoms. The molecule has 1 aliphatic carbocycles. The largest absolute Gasteiger partial charge is 0.355 e. The lowest BCUT2D eigenvalue weighted by Crippen LogP contribution is -2.40. The molecule has 2 amide bonds. The molecule has 1 aliphatic rings. The molecule has 1 rings (SSSR count). The Hall–Kier alpha value is -1.84. The van der Waals surface area contributed by atoms with E-state index in [1.807, 2.05) is 26.8 Å². The first-order valence-corrected chi connectivity index (χ1v) is 7.61. The van der Waals surface area contributed by atoms with Crippen LogP contribution in [0.2, 0.25) is 0 Å². The molecule has 0 radical (unpaired) electrons. The number of rotatable bonds is 6. The molecule has 4 nitrogen and oxygen atoms in total. The summed E-state index contributed by atoms with van der Waals surface area (Å²) in [5, 5.41) is 5.63. The Bertz CT molecular complexity index is 483. The zero-order chi connectivity index (χ0) is 15.8. The lowest BCUT2D eigenvalue weighted by molar-refractivity contribution is -0.118. The Kier molecular flexibility index (Phi) is 6.92. The van der Waals surface area contributed by atoms with E-state index in [-0.39, 0.29) is 17.9 Å². The van der Waals surface area contributed by atoms with Gasteiger partial charge in [-0.1, -0.05) is 19.1 Å². The number of hydrogen-bond donors (Lipinski definition) is 2. The molecular formula is C17H26N2O2. The first-order chi connectivity index (χ1) is 10.0. The van der Waals surface area contributed by atoms with Crippen LogP contribution in [0.4, 0.5) is 0 Å². The van der Waals surface area contributed by atoms with Crippen LogP contribution >= 0.6 is 0 Å². The van der Waals surface area contributed by atoms with E-state index < -0.39 is 0 Å². The summed E-state index contributed by atoms with van der Waals surface area (Å²) in [6.45, 7) is 5.72. The summed E-state index contributed by atoms with van der Waals surface area (Å²) in [7, 11) is 1.60. The third-order valence-corrected chi connectivity index (χ3v) is 3.72. The van der Waals surface area contributed by atoms with E-state index in [9.17, 15) is 9.59 Å². The van der Waals surface area contributed by atoms with Gasteiger partial charge in [0.2, 0.25) is 0 Å². The molecule has 0 unspecified atom stereocenters. The number of carbonyl (C=O) groups is 2. The van der Waals surface area contributed by atoms with Crippen molar-refractivity contribution < 1.29 is 9.59 Å². The highest BCUT2D eigenvalue weighted by Gasteiger charge is 2.21. The van der Waals surface area contributed by atoms with Crippen molar-refractivity contribution in [2.45, 2.75) is 52.5 Å². The van der Waals surface area contributed by atoms with Gasteiger partial charge >= 0.3 is 0 Å². The standard InChI is InChI=1S/C17H26N2O2/c1-5-8-12(3)15(17(21)18-4)11-13(6-2)16(20)19-14-9-7-10-14/h6,8,11,14H,5,7,9-10H2,1-4H3,(H,18,21)(H,19,20)/b12-8-,13-6+,15-11+. The topological polar surface area (TPSA) is 58.2 Å². The summed E-state index contributed by atoms with van der Waals surface area (Å²) in [6.07, 6.45) is 9.52. The van der Waals surface area contributed by atoms with Crippen LogP contribution in [0.1, 0.15) is 46.5 Å². The second-order valence-electron chi connectivity index (χ2n) is 5.28. The van der Waals surface area contributed by atoms with E-state index in [4.69, 9.17) is 0 Å².